The van der Waals surface area contributed by atoms with Gasteiger partial charge in [0, 0.05) is 10.8 Å². The second-order valence-electron chi connectivity index (χ2n) is 9.20. The normalized spacial score (nSPS) is 40.9. The summed E-state index contributed by atoms with van der Waals surface area (Å²) in [5, 5.41) is 0. The highest BCUT2D eigenvalue weighted by molar-refractivity contribution is 8.07. The summed E-state index contributed by atoms with van der Waals surface area (Å²) in [6.45, 7) is 5.33. The van der Waals surface area contributed by atoms with E-state index in [0.29, 0.717) is 39.6 Å². The lowest BCUT2D eigenvalue weighted by Crippen LogP contribution is -2.36. The maximum Gasteiger partial charge on any atom is 0.327 e. The molecule has 12 heteroatoms. The first kappa shape index (κ1) is 22.2. The van der Waals surface area contributed by atoms with Gasteiger partial charge in [0.15, 0.2) is 0 Å². The molecule has 4 rings (SSSR count). The van der Waals surface area contributed by atoms with Crippen molar-refractivity contribution in [3.8, 4) is 0 Å². The highest BCUT2D eigenvalue weighted by atomic mass is 32.5. The molecule has 4 atom stereocenters. The van der Waals surface area contributed by atoms with Gasteiger partial charge in [-0.1, -0.05) is 27.7 Å². The minimum atomic E-state index is -2.80. The van der Waals surface area contributed by atoms with E-state index in [1.54, 1.807) is 0 Å². The van der Waals surface area contributed by atoms with Gasteiger partial charge in [0.25, 0.3) is 0 Å². The maximum absolute atomic E-state index is 6.03. The Hall–Kier alpha value is 0.980. The number of ether oxygens (including phenoxy) is 2. The van der Waals surface area contributed by atoms with Crippen molar-refractivity contribution in [1.82, 2.24) is 0 Å². The van der Waals surface area contributed by atoms with Crippen molar-refractivity contribution in [2.24, 2.45) is 10.8 Å². The fourth-order valence-corrected chi connectivity index (χ4v) is 7.98. The molecular formula is C16H28O8P2S2. The summed E-state index contributed by atoms with van der Waals surface area (Å²) in [7, 11) is 0. The first-order chi connectivity index (χ1) is 13.0. The molecule has 162 valence electrons. The highest BCUT2D eigenvalue weighted by Gasteiger charge is 2.53. The molecule has 0 amide bonds. The van der Waals surface area contributed by atoms with Crippen LogP contribution in [0.25, 0.3) is 0 Å². The van der Waals surface area contributed by atoms with Gasteiger partial charge >= 0.3 is 13.4 Å². The quantitative estimate of drug-likeness (QED) is 0.568. The van der Waals surface area contributed by atoms with Gasteiger partial charge in [-0.3, -0.25) is 0 Å². The topological polar surface area (TPSA) is 73.8 Å². The van der Waals surface area contributed by atoms with Crippen LogP contribution < -0.4 is 0 Å². The number of hydrogen-bond acceptors (Lipinski definition) is 10. The molecule has 28 heavy (non-hydrogen) atoms. The van der Waals surface area contributed by atoms with Crippen molar-refractivity contribution >= 4 is 37.1 Å². The average Bonchev–Trinajstić information content (AvgIpc) is 3.18. The van der Waals surface area contributed by atoms with Crippen LogP contribution in [0.4, 0.5) is 0 Å². The SMILES string of the molecule is CC1(C)COP(=S)(O[C@H]2CO[C@H]3[C@H]2OC[C@H]3OP2(=S)OCC(C)(C)CO2)OC1. The van der Waals surface area contributed by atoms with Gasteiger partial charge in [-0.05, 0) is 23.6 Å². The van der Waals surface area contributed by atoms with Crippen LogP contribution in [0.2, 0.25) is 0 Å². The minimum Gasteiger partial charge on any atom is -0.370 e. The molecule has 0 radical (unpaired) electrons. The van der Waals surface area contributed by atoms with Crippen molar-refractivity contribution in [1.29, 1.82) is 0 Å². The van der Waals surface area contributed by atoms with E-state index in [9.17, 15) is 0 Å². The Morgan fingerprint density at radius 3 is 1.32 bits per heavy atom. The zero-order chi connectivity index (χ0) is 20.2. The van der Waals surface area contributed by atoms with E-state index < -0.39 is 13.4 Å². The van der Waals surface area contributed by atoms with Gasteiger partial charge in [-0.15, -0.1) is 0 Å². The van der Waals surface area contributed by atoms with Crippen LogP contribution in [0.3, 0.4) is 0 Å². The molecule has 0 aromatic carbocycles. The Morgan fingerprint density at radius 2 is 1.00 bits per heavy atom. The molecule has 0 N–H and O–H groups in total. The van der Waals surface area contributed by atoms with Crippen LogP contribution in [-0.2, 0) is 60.2 Å². The van der Waals surface area contributed by atoms with Crippen LogP contribution in [0, 0.1) is 10.8 Å². The summed E-state index contributed by atoms with van der Waals surface area (Å²) in [5.41, 5.74) is -0.140. The second kappa shape index (κ2) is 7.84. The van der Waals surface area contributed by atoms with Gasteiger partial charge in [-0.25, -0.2) is 0 Å². The molecular weight excluding hydrogens is 446 g/mol. The van der Waals surface area contributed by atoms with E-state index in [0.717, 1.165) is 0 Å². The Morgan fingerprint density at radius 1 is 0.679 bits per heavy atom. The van der Waals surface area contributed by atoms with Gasteiger partial charge in [-0.2, -0.15) is 0 Å². The molecule has 0 spiro atoms. The lowest BCUT2D eigenvalue weighted by Gasteiger charge is -2.37. The molecule has 4 aliphatic heterocycles. The monoisotopic (exact) mass is 474 g/mol. The second-order valence-corrected chi connectivity index (χ2v) is 15.1. The van der Waals surface area contributed by atoms with Gasteiger partial charge in [0.05, 0.1) is 39.6 Å². The summed E-state index contributed by atoms with van der Waals surface area (Å²) >= 11 is 11.0. The maximum atomic E-state index is 6.03. The molecule has 4 saturated heterocycles. The standard InChI is InChI=1S/C16H28O8P2S2/c1-15(2)7-19-25(27,20-8-15)23-11-5-17-14-12(6-18-13(11)14)24-26(28)21-9-16(3,4)10-22-26/h11-14H,5-10H2,1-4H3/t11-,12+,13-,14+. The van der Waals surface area contributed by atoms with E-state index in [4.69, 9.17) is 60.2 Å². The number of rotatable bonds is 4. The minimum absolute atomic E-state index is 0.0702. The molecule has 0 saturated carbocycles. The van der Waals surface area contributed by atoms with E-state index >= 15 is 0 Å². The average molecular weight is 474 g/mol. The van der Waals surface area contributed by atoms with E-state index in [-0.39, 0.29) is 35.2 Å². The van der Waals surface area contributed by atoms with Gasteiger partial charge in [0.2, 0.25) is 0 Å². The first-order valence-electron chi connectivity index (χ1n) is 9.37. The molecule has 4 heterocycles. The van der Waals surface area contributed by atoms with Crippen molar-refractivity contribution < 1.29 is 36.6 Å². The van der Waals surface area contributed by atoms with E-state index in [1.807, 2.05) is 0 Å². The van der Waals surface area contributed by atoms with Crippen LogP contribution in [-0.4, -0.2) is 64.1 Å². The molecule has 4 fully saturated rings. The summed E-state index contributed by atoms with van der Waals surface area (Å²) in [4.78, 5) is 0. The largest absolute Gasteiger partial charge is 0.370 e. The molecule has 0 unspecified atom stereocenters. The number of fused-ring (bicyclic) bond motifs is 1. The van der Waals surface area contributed by atoms with Crippen molar-refractivity contribution in [2.45, 2.75) is 52.1 Å². The summed E-state index contributed by atoms with van der Waals surface area (Å²) in [6, 6.07) is 0. The third-order valence-corrected chi connectivity index (χ3v) is 9.57. The molecule has 8 nitrogen and oxygen atoms in total. The van der Waals surface area contributed by atoms with Crippen LogP contribution >= 0.6 is 13.4 Å². The Balaban J connectivity index is 1.34. The zero-order valence-corrected chi connectivity index (χ0v) is 20.0. The van der Waals surface area contributed by atoms with Gasteiger partial charge < -0.3 is 36.6 Å². The summed E-state index contributed by atoms with van der Waals surface area (Å²) in [6.07, 6.45) is -1.35. The Bertz CT molecular complexity index is 616. The Labute approximate surface area is 176 Å². The highest BCUT2D eigenvalue weighted by Crippen LogP contribution is 2.59. The van der Waals surface area contributed by atoms with Crippen molar-refractivity contribution in [3.63, 3.8) is 0 Å². The number of hydrogen-bond donors (Lipinski definition) is 0. The molecule has 4 aliphatic rings. The van der Waals surface area contributed by atoms with Crippen molar-refractivity contribution in [3.05, 3.63) is 0 Å². The molecule has 0 aromatic rings. The zero-order valence-electron chi connectivity index (χ0n) is 16.5. The fraction of sp³-hybridized carbons (Fsp3) is 1.00. The predicted molar refractivity (Wildman–Crippen MR) is 109 cm³/mol. The van der Waals surface area contributed by atoms with Crippen LogP contribution in [0.5, 0.6) is 0 Å². The van der Waals surface area contributed by atoms with Gasteiger partial charge in [0.1, 0.15) is 24.4 Å². The fourth-order valence-electron chi connectivity index (χ4n) is 3.24. The third-order valence-electron chi connectivity index (χ3n) is 4.95. The van der Waals surface area contributed by atoms with Crippen LogP contribution in [0.1, 0.15) is 27.7 Å². The lowest BCUT2D eigenvalue weighted by molar-refractivity contribution is -0.0279. The molecule has 0 aromatic heterocycles. The summed E-state index contributed by atoms with van der Waals surface area (Å²) in [5.74, 6) is 0. The predicted octanol–water partition coefficient (Wildman–Crippen LogP) is 3.15. The van der Waals surface area contributed by atoms with Crippen LogP contribution in [0.15, 0.2) is 0 Å². The smallest absolute Gasteiger partial charge is 0.327 e. The lowest BCUT2D eigenvalue weighted by atomic mass is 9.97. The molecule has 0 aliphatic carbocycles. The Kier molecular flexibility index (Phi) is 6.21. The molecule has 0 bridgehead atoms. The van der Waals surface area contributed by atoms with E-state index in [1.165, 1.54) is 0 Å². The van der Waals surface area contributed by atoms with E-state index in [2.05, 4.69) is 27.7 Å². The third kappa shape index (κ3) is 4.90. The van der Waals surface area contributed by atoms with Crippen molar-refractivity contribution in [2.75, 3.05) is 39.6 Å². The summed E-state index contributed by atoms with van der Waals surface area (Å²) < 4.78 is 46.9. The first-order valence-corrected chi connectivity index (χ1v) is 14.5.